The van der Waals surface area contributed by atoms with Gasteiger partial charge in [0.1, 0.15) is 0 Å². The molecule has 1 aliphatic rings. The topological polar surface area (TPSA) is 46.6 Å². The largest absolute Gasteiger partial charge is 0.462 e. The zero-order valence-electron chi connectivity index (χ0n) is 14.5. The van der Waals surface area contributed by atoms with Crippen molar-refractivity contribution < 1.29 is 14.3 Å². The summed E-state index contributed by atoms with van der Waals surface area (Å²) < 4.78 is 6.09. The van der Waals surface area contributed by atoms with Gasteiger partial charge in [0.2, 0.25) is 0 Å². The van der Waals surface area contributed by atoms with E-state index in [1.807, 2.05) is 54.6 Å². The standard InChI is InChI=1S/C21H18BrNO3/c1-3-26-21(25)19-14(2)23(17-10-5-4-6-11-17)20(24)18(19)13-15-8-7-9-16(22)12-15/h4-13H,3H2,1-2H3. The summed E-state index contributed by atoms with van der Waals surface area (Å²) in [6, 6.07) is 16.8. The number of hydrogen-bond donors (Lipinski definition) is 0. The first kappa shape index (κ1) is 18.1. The van der Waals surface area contributed by atoms with Crippen molar-refractivity contribution in [1.29, 1.82) is 0 Å². The molecule has 2 aromatic rings. The Morgan fingerprint density at radius 3 is 2.54 bits per heavy atom. The van der Waals surface area contributed by atoms with Crippen molar-refractivity contribution in [2.75, 3.05) is 11.5 Å². The number of halogens is 1. The summed E-state index contributed by atoms with van der Waals surface area (Å²) in [5, 5.41) is 0. The van der Waals surface area contributed by atoms with Gasteiger partial charge in [-0.1, -0.05) is 46.3 Å². The van der Waals surface area contributed by atoms with Crippen molar-refractivity contribution in [3.8, 4) is 0 Å². The van der Waals surface area contributed by atoms with Crippen LogP contribution in [0.1, 0.15) is 19.4 Å². The number of amides is 1. The fraction of sp³-hybridized carbons (Fsp3) is 0.143. The van der Waals surface area contributed by atoms with E-state index in [0.29, 0.717) is 16.8 Å². The number of nitrogens with zero attached hydrogens (tertiary/aromatic N) is 1. The molecule has 0 atom stereocenters. The van der Waals surface area contributed by atoms with Gasteiger partial charge < -0.3 is 4.74 Å². The molecule has 1 aliphatic heterocycles. The second-order valence-electron chi connectivity index (χ2n) is 5.77. The van der Waals surface area contributed by atoms with E-state index in [1.165, 1.54) is 0 Å². The van der Waals surface area contributed by atoms with Crippen molar-refractivity contribution in [3.63, 3.8) is 0 Å². The minimum absolute atomic E-state index is 0.239. The maximum atomic E-state index is 13.1. The second kappa shape index (κ2) is 7.70. The van der Waals surface area contributed by atoms with Gasteiger partial charge in [-0.2, -0.15) is 0 Å². The summed E-state index contributed by atoms with van der Waals surface area (Å²) in [4.78, 5) is 27.2. The first-order valence-corrected chi connectivity index (χ1v) is 9.07. The molecule has 132 valence electrons. The highest BCUT2D eigenvalue weighted by Gasteiger charge is 2.37. The highest BCUT2D eigenvalue weighted by atomic mass is 79.9. The van der Waals surface area contributed by atoms with E-state index in [9.17, 15) is 9.59 Å². The number of rotatable bonds is 4. The molecule has 4 nitrogen and oxygen atoms in total. The van der Waals surface area contributed by atoms with Crippen LogP contribution in [0.25, 0.3) is 6.08 Å². The SMILES string of the molecule is CCOC(=O)C1=C(C)N(c2ccccc2)C(=O)C1=Cc1cccc(Br)c1. The molecule has 0 saturated heterocycles. The first-order valence-electron chi connectivity index (χ1n) is 8.28. The van der Waals surface area contributed by atoms with E-state index in [4.69, 9.17) is 4.74 Å². The predicted molar refractivity (Wildman–Crippen MR) is 105 cm³/mol. The first-order chi connectivity index (χ1) is 12.5. The molecule has 0 spiro atoms. The number of ether oxygens (including phenoxy) is 1. The molecule has 3 rings (SSSR count). The van der Waals surface area contributed by atoms with E-state index < -0.39 is 5.97 Å². The molecule has 1 amide bonds. The van der Waals surface area contributed by atoms with Crippen LogP contribution < -0.4 is 4.90 Å². The summed E-state index contributed by atoms with van der Waals surface area (Å²) >= 11 is 3.43. The third-order valence-corrected chi connectivity index (χ3v) is 4.55. The number of carbonyl (C=O) groups excluding carboxylic acids is 2. The molecule has 0 saturated carbocycles. The molecule has 5 heteroatoms. The van der Waals surface area contributed by atoms with Crippen molar-refractivity contribution in [3.05, 3.63) is 81.5 Å². The molecule has 1 heterocycles. The van der Waals surface area contributed by atoms with Crippen molar-refractivity contribution >= 4 is 39.6 Å². The smallest absolute Gasteiger partial charge is 0.340 e. The van der Waals surface area contributed by atoms with Crippen molar-refractivity contribution in [1.82, 2.24) is 0 Å². The van der Waals surface area contributed by atoms with E-state index >= 15 is 0 Å². The minimum atomic E-state index is -0.488. The lowest BCUT2D eigenvalue weighted by Crippen LogP contribution is -2.24. The maximum Gasteiger partial charge on any atom is 0.340 e. The van der Waals surface area contributed by atoms with Crippen LogP contribution in [0, 0.1) is 0 Å². The van der Waals surface area contributed by atoms with Crippen LogP contribution in [0.3, 0.4) is 0 Å². The normalized spacial score (nSPS) is 15.7. The lowest BCUT2D eigenvalue weighted by Gasteiger charge is -2.17. The second-order valence-corrected chi connectivity index (χ2v) is 6.69. The van der Waals surface area contributed by atoms with Gasteiger partial charge in [-0.25, -0.2) is 4.79 Å². The third-order valence-electron chi connectivity index (χ3n) is 4.05. The Bertz CT molecular complexity index is 916. The number of benzene rings is 2. The molecular formula is C21H18BrNO3. The summed E-state index contributed by atoms with van der Waals surface area (Å²) in [6.07, 6.45) is 1.73. The molecule has 0 unspecified atom stereocenters. The predicted octanol–water partition coefficient (Wildman–Crippen LogP) is 4.72. The Kier molecular flexibility index (Phi) is 5.38. The van der Waals surface area contributed by atoms with E-state index in [-0.39, 0.29) is 12.5 Å². The van der Waals surface area contributed by atoms with Crippen LogP contribution in [-0.2, 0) is 14.3 Å². The summed E-state index contributed by atoms with van der Waals surface area (Å²) in [5.41, 5.74) is 2.76. The highest BCUT2D eigenvalue weighted by molar-refractivity contribution is 9.10. The Labute approximate surface area is 160 Å². The van der Waals surface area contributed by atoms with Crippen LogP contribution in [0.4, 0.5) is 5.69 Å². The van der Waals surface area contributed by atoms with Gasteiger partial charge in [-0.3, -0.25) is 9.69 Å². The average molecular weight is 412 g/mol. The van der Waals surface area contributed by atoms with Gasteiger partial charge in [0.15, 0.2) is 0 Å². The van der Waals surface area contributed by atoms with E-state index in [0.717, 1.165) is 15.7 Å². The van der Waals surface area contributed by atoms with Gasteiger partial charge >= 0.3 is 5.97 Å². The van der Waals surface area contributed by atoms with Crippen molar-refractivity contribution in [2.45, 2.75) is 13.8 Å². The number of carbonyl (C=O) groups is 2. The van der Waals surface area contributed by atoms with Gasteiger partial charge in [-0.15, -0.1) is 0 Å². The van der Waals surface area contributed by atoms with E-state index in [2.05, 4.69) is 15.9 Å². The monoisotopic (exact) mass is 411 g/mol. The Hall–Kier alpha value is -2.66. The third kappa shape index (κ3) is 3.48. The lowest BCUT2D eigenvalue weighted by molar-refractivity contribution is -0.138. The Morgan fingerprint density at radius 2 is 1.88 bits per heavy atom. The van der Waals surface area contributed by atoms with Crippen molar-refractivity contribution in [2.24, 2.45) is 0 Å². The molecule has 0 fully saturated rings. The zero-order valence-corrected chi connectivity index (χ0v) is 16.1. The van der Waals surface area contributed by atoms with Gasteiger partial charge in [0, 0.05) is 15.9 Å². The molecule has 2 aromatic carbocycles. The molecular weight excluding hydrogens is 394 g/mol. The fourth-order valence-electron chi connectivity index (χ4n) is 2.93. The number of anilines is 1. The number of allylic oxidation sites excluding steroid dienone is 1. The quantitative estimate of drug-likeness (QED) is 0.540. The lowest BCUT2D eigenvalue weighted by atomic mass is 10.0. The van der Waals surface area contributed by atoms with Gasteiger partial charge in [0.25, 0.3) is 5.91 Å². The van der Waals surface area contributed by atoms with Crippen LogP contribution in [-0.4, -0.2) is 18.5 Å². The summed E-state index contributed by atoms with van der Waals surface area (Å²) in [7, 11) is 0. The molecule has 26 heavy (non-hydrogen) atoms. The highest BCUT2D eigenvalue weighted by Crippen LogP contribution is 2.35. The minimum Gasteiger partial charge on any atom is -0.462 e. The van der Waals surface area contributed by atoms with Crippen LogP contribution >= 0.6 is 15.9 Å². The number of esters is 1. The van der Waals surface area contributed by atoms with Crippen LogP contribution in [0.5, 0.6) is 0 Å². The summed E-state index contributed by atoms with van der Waals surface area (Å²) in [6.45, 7) is 3.76. The molecule has 0 N–H and O–H groups in total. The Morgan fingerprint density at radius 1 is 1.15 bits per heavy atom. The average Bonchev–Trinajstić information content (AvgIpc) is 2.86. The number of hydrogen-bond acceptors (Lipinski definition) is 3. The maximum absolute atomic E-state index is 13.1. The summed E-state index contributed by atoms with van der Waals surface area (Å²) in [5.74, 6) is -0.727. The zero-order chi connectivity index (χ0) is 18.7. The van der Waals surface area contributed by atoms with Gasteiger partial charge in [-0.05, 0) is 49.8 Å². The van der Waals surface area contributed by atoms with E-state index in [1.54, 1.807) is 24.8 Å². The van der Waals surface area contributed by atoms with Crippen LogP contribution in [0.2, 0.25) is 0 Å². The Balaban J connectivity index is 2.13. The molecule has 0 radical (unpaired) electrons. The number of para-hydroxylation sites is 1. The molecule has 0 aromatic heterocycles. The van der Waals surface area contributed by atoms with Gasteiger partial charge in [0.05, 0.1) is 17.8 Å². The fourth-order valence-corrected chi connectivity index (χ4v) is 3.35. The molecule has 0 aliphatic carbocycles. The molecule has 0 bridgehead atoms. The van der Waals surface area contributed by atoms with Crippen LogP contribution in [0.15, 0.2) is 75.9 Å².